The summed E-state index contributed by atoms with van der Waals surface area (Å²) >= 11 is 0. The van der Waals surface area contributed by atoms with E-state index >= 15 is 0 Å². The first kappa shape index (κ1) is 12.9. The van der Waals surface area contributed by atoms with Crippen molar-refractivity contribution in [3.8, 4) is 0 Å². The standard InChI is InChI=1S/C10H20O4S/c1-8-6-10(7-9(2)14-8)4-5-13-15(3,11)12/h8-10H,4-7H2,1-3H3/t8-,9-/m1/s1. The Morgan fingerprint density at radius 2 is 1.80 bits per heavy atom. The fourth-order valence-corrected chi connectivity index (χ4v) is 2.54. The molecule has 0 radical (unpaired) electrons. The van der Waals surface area contributed by atoms with Crippen LogP contribution < -0.4 is 0 Å². The fraction of sp³-hybridized carbons (Fsp3) is 1.00. The normalized spacial score (nSPS) is 32.9. The molecule has 0 saturated carbocycles. The van der Waals surface area contributed by atoms with E-state index in [9.17, 15) is 8.42 Å². The summed E-state index contributed by atoms with van der Waals surface area (Å²) < 4.78 is 31.8. The van der Waals surface area contributed by atoms with E-state index < -0.39 is 10.1 Å². The van der Waals surface area contributed by atoms with Crippen molar-refractivity contribution in [2.24, 2.45) is 5.92 Å². The molecule has 1 aliphatic heterocycles. The summed E-state index contributed by atoms with van der Waals surface area (Å²) in [6.45, 7) is 4.41. The van der Waals surface area contributed by atoms with Crippen molar-refractivity contribution in [3.05, 3.63) is 0 Å². The third kappa shape index (κ3) is 5.49. The summed E-state index contributed by atoms with van der Waals surface area (Å²) in [5.74, 6) is 0.519. The van der Waals surface area contributed by atoms with Gasteiger partial charge in [0.05, 0.1) is 25.1 Å². The summed E-state index contributed by atoms with van der Waals surface area (Å²) in [4.78, 5) is 0. The van der Waals surface area contributed by atoms with E-state index in [1.54, 1.807) is 0 Å². The summed E-state index contributed by atoms with van der Waals surface area (Å²) in [5, 5.41) is 0. The monoisotopic (exact) mass is 236 g/mol. The maximum Gasteiger partial charge on any atom is 0.264 e. The second-order valence-electron chi connectivity index (χ2n) is 4.41. The maximum absolute atomic E-state index is 10.8. The second-order valence-corrected chi connectivity index (χ2v) is 6.05. The van der Waals surface area contributed by atoms with Gasteiger partial charge in [-0.25, -0.2) is 0 Å². The van der Waals surface area contributed by atoms with Crippen LogP contribution in [0.4, 0.5) is 0 Å². The highest BCUT2D eigenvalue weighted by Crippen LogP contribution is 2.27. The van der Waals surface area contributed by atoms with Crippen molar-refractivity contribution in [2.45, 2.75) is 45.3 Å². The Balaban J connectivity index is 2.26. The Morgan fingerprint density at radius 3 is 2.27 bits per heavy atom. The van der Waals surface area contributed by atoms with Crippen molar-refractivity contribution in [1.29, 1.82) is 0 Å². The lowest BCUT2D eigenvalue weighted by Crippen LogP contribution is -2.29. The minimum absolute atomic E-state index is 0.275. The molecule has 0 spiro atoms. The number of hydrogen-bond acceptors (Lipinski definition) is 4. The molecule has 0 aliphatic carbocycles. The van der Waals surface area contributed by atoms with Crippen LogP contribution in [0.25, 0.3) is 0 Å². The Kier molecular flexibility index (Phi) is 4.55. The first-order valence-electron chi connectivity index (χ1n) is 5.36. The van der Waals surface area contributed by atoms with Crippen LogP contribution in [-0.2, 0) is 19.0 Å². The average molecular weight is 236 g/mol. The maximum atomic E-state index is 10.8. The van der Waals surface area contributed by atoms with Gasteiger partial charge in [0.1, 0.15) is 0 Å². The van der Waals surface area contributed by atoms with Gasteiger partial charge in [-0.05, 0) is 39.0 Å². The van der Waals surface area contributed by atoms with Crippen molar-refractivity contribution in [2.75, 3.05) is 12.9 Å². The lowest BCUT2D eigenvalue weighted by Gasteiger charge is -2.31. The van der Waals surface area contributed by atoms with Crippen LogP contribution in [0.15, 0.2) is 0 Å². The molecule has 0 aromatic heterocycles. The van der Waals surface area contributed by atoms with Gasteiger partial charge in [-0.15, -0.1) is 0 Å². The average Bonchev–Trinajstić information content (AvgIpc) is 1.99. The predicted molar refractivity (Wildman–Crippen MR) is 58.1 cm³/mol. The lowest BCUT2D eigenvalue weighted by atomic mass is 9.90. The van der Waals surface area contributed by atoms with E-state index in [4.69, 9.17) is 8.92 Å². The van der Waals surface area contributed by atoms with Gasteiger partial charge in [-0.3, -0.25) is 4.18 Å². The quantitative estimate of drug-likeness (QED) is 0.695. The van der Waals surface area contributed by atoms with Crippen molar-refractivity contribution in [1.82, 2.24) is 0 Å². The van der Waals surface area contributed by atoms with Crippen LogP contribution in [0.2, 0.25) is 0 Å². The van der Waals surface area contributed by atoms with E-state index in [0.29, 0.717) is 12.5 Å². The van der Waals surface area contributed by atoms with Crippen molar-refractivity contribution >= 4 is 10.1 Å². The first-order chi connectivity index (χ1) is 6.87. The largest absolute Gasteiger partial charge is 0.376 e. The smallest absolute Gasteiger partial charge is 0.264 e. The van der Waals surface area contributed by atoms with E-state index in [1.165, 1.54) is 0 Å². The van der Waals surface area contributed by atoms with Crippen LogP contribution in [0.1, 0.15) is 33.1 Å². The molecule has 0 N–H and O–H groups in total. The van der Waals surface area contributed by atoms with Gasteiger partial charge >= 0.3 is 0 Å². The highest BCUT2D eigenvalue weighted by atomic mass is 32.2. The minimum atomic E-state index is -3.28. The zero-order chi connectivity index (χ0) is 11.5. The summed E-state index contributed by atoms with van der Waals surface area (Å²) in [5.41, 5.74) is 0. The number of rotatable bonds is 4. The molecule has 15 heavy (non-hydrogen) atoms. The SMILES string of the molecule is C[C@@H]1CC(CCOS(C)(=O)=O)C[C@@H](C)O1. The van der Waals surface area contributed by atoms with Gasteiger partial charge in [0, 0.05) is 0 Å². The molecule has 4 nitrogen and oxygen atoms in total. The summed E-state index contributed by atoms with van der Waals surface area (Å²) in [6.07, 6.45) is 4.43. The molecule has 1 heterocycles. The zero-order valence-corrected chi connectivity index (χ0v) is 10.4. The van der Waals surface area contributed by atoms with Crippen LogP contribution in [-0.4, -0.2) is 33.5 Å². The van der Waals surface area contributed by atoms with Crippen LogP contribution in [0.3, 0.4) is 0 Å². The molecule has 0 amide bonds. The zero-order valence-electron chi connectivity index (χ0n) is 9.60. The molecule has 0 unspecified atom stereocenters. The third-order valence-corrected chi connectivity index (χ3v) is 3.21. The molecular weight excluding hydrogens is 216 g/mol. The molecule has 1 aliphatic rings. The van der Waals surface area contributed by atoms with Crippen LogP contribution >= 0.6 is 0 Å². The predicted octanol–water partition coefficient (Wildman–Crippen LogP) is 1.56. The lowest BCUT2D eigenvalue weighted by molar-refractivity contribution is -0.0548. The molecule has 90 valence electrons. The summed E-state index contributed by atoms with van der Waals surface area (Å²) in [7, 11) is -3.28. The van der Waals surface area contributed by atoms with Crippen LogP contribution in [0.5, 0.6) is 0 Å². The molecular formula is C10H20O4S. The van der Waals surface area contributed by atoms with E-state index in [1.807, 2.05) is 0 Å². The molecule has 1 fully saturated rings. The van der Waals surface area contributed by atoms with E-state index in [2.05, 4.69) is 13.8 Å². The van der Waals surface area contributed by atoms with Gasteiger partial charge in [0.2, 0.25) is 0 Å². The molecule has 0 aromatic carbocycles. The molecule has 0 aromatic rings. The van der Waals surface area contributed by atoms with Gasteiger partial charge in [-0.2, -0.15) is 8.42 Å². The summed E-state index contributed by atoms with van der Waals surface area (Å²) in [6, 6.07) is 0. The fourth-order valence-electron chi connectivity index (χ4n) is 2.14. The Bertz CT molecular complexity index is 276. The highest BCUT2D eigenvalue weighted by molar-refractivity contribution is 7.85. The van der Waals surface area contributed by atoms with Gasteiger partial charge in [0.25, 0.3) is 10.1 Å². The van der Waals surface area contributed by atoms with Crippen molar-refractivity contribution < 1.29 is 17.3 Å². The molecule has 1 rings (SSSR count). The van der Waals surface area contributed by atoms with Gasteiger partial charge < -0.3 is 4.74 Å². The molecule has 0 bridgehead atoms. The van der Waals surface area contributed by atoms with Gasteiger partial charge in [0.15, 0.2) is 0 Å². The molecule has 2 atom stereocenters. The first-order valence-corrected chi connectivity index (χ1v) is 7.18. The highest BCUT2D eigenvalue weighted by Gasteiger charge is 2.24. The topological polar surface area (TPSA) is 52.6 Å². The minimum Gasteiger partial charge on any atom is -0.376 e. The Hall–Kier alpha value is -0.130. The Morgan fingerprint density at radius 1 is 1.27 bits per heavy atom. The number of hydrogen-bond donors (Lipinski definition) is 0. The van der Waals surface area contributed by atoms with Crippen molar-refractivity contribution in [3.63, 3.8) is 0 Å². The van der Waals surface area contributed by atoms with E-state index in [0.717, 1.165) is 25.5 Å². The number of ether oxygens (including phenoxy) is 1. The Labute approximate surface area is 92.1 Å². The second kappa shape index (κ2) is 5.27. The van der Waals surface area contributed by atoms with Crippen LogP contribution in [0, 0.1) is 5.92 Å². The molecule has 5 heteroatoms. The van der Waals surface area contributed by atoms with Gasteiger partial charge in [-0.1, -0.05) is 0 Å². The third-order valence-electron chi connectivity index (χ3n) is 2.62. The van der Waals surface area contributed by atoms with E-state index in [-0.39, 0.29) is 12.2 Å². The molecule has 1 saturated heterocycles.